The van der Waals surface area contributed by atoms with E-state index in [1.807, 2.05) is 30.3 Å². The highest BCUT2D eigenvalue weighted by molar-refractivity contribution is 7.07. The van der Waals surface area contributed by atoms with E-state index in [1.165, 1.54) is 11.5 Å². The molecular weight excluding hydrogens is 420 g/mol. The summed E-state index contributed by atoms with van der Waals surface area (Å²) in [5.41, 5.74) is 3.14. The zero-order valence-corrected chi connectivity index (χ0v) is 18.0. The molecule has 31 heavy (non-hydrogen) atoms. The van der Waals surface area contributed by atoms with Gasteiger partial charge < -0.3 is 29.0 Å². The van der Waals surface area contributed by atoms with E-state index in [9.17, 15) is 4.79 Å². The number of amides is 1. The van der Waals surface area contributed by atoms with Crippen LogP contribution in [0.25, 0.3) is 11.3 Å². The van der Waals surface area contributed by atoms with Crippen LogP contribution in [0.5, 0.6) is 28.7 Å². The second kappa shape index (κ2) is 7.66. The van der Waals surface area contributed by atoms with Gasteiger partial charge in [0.25, 0.3) is 0 Å². The molecule has 1 N–H and O–H groups in total. The smallest absolute Gasteiger partial charge is 0.231 e. The van der Waals surface area contributed by atoms with Gasteiger partial charge in [0.1, 0.15) is 11.4 Å². The average molecular weight is 440 g/mol. The number of hydrogen-bond donors (Lipinski definition) is 1. The maximum atomic E-state index is 12.7. The molecule has 3 aromatic rings. The highest BCUT2D eigenvalue weighted by Gasteiger charge is 2.36. The van der Waals surface area contributed by atoms with Crippen molar-refractivity contribution >= 4 is 23.1 Å². The first kappa shape index (κ1) is 19.5. The summed E-state index contributed by atoms with van der Waals surface area (Å²) in [7, 11) is 4.75. The molecule has 0 spiro atoms. The summed E-state index contributed by atoms with van der Waals surface area (Å²) in [6, 6.07) is 9.45. The molecule has 2 aliphatic heterocycles. The topological polar surface area (TPSA) is 88.1 Å². The van der Waals surface area contributed by atoms with E-state index in [0.717, 1.165) is 33.1 Å². The van der Waals surface area contributed by atoms with Crippen LogP contribution in [0.4, 0.5) is 5.69 Å². The van der Waals surface area contributed by atoms with Crippen molar-refractivity contribution in [2.24, 2.45) is 0 Å². The molecule has 0 unspecified atom stereocenters. The van der Waals surface area contributed by atoms with E-state index in [4.69, 9.17) is 23.7 Å². The van der Waals surface area contributed by atoms with Crippen LogP contribution in [0.3, 0.4) is 0 Å². The van der Waals surface area contributed by atoms with Crippen LogP contribution in [0.15, 0.2) is 30.3 Å². The Balaban J connectivity index is 1.64. The molecule has 3 heterocycles. The first-order chi connectivity index (χ1) is 15.1. The molecule has 8 nitrogen and oxygen atoms in total. The number of aromatic nitrogens is 1. The van der Waals surface area contributed by atoms with E-state index >= 15 is 0 Å². The molecule has 0 bridgehead atoms. The van der Waals surface area contributed by atoms with Crippen LogP contribution in [0.1, 0.15) is 22.8 Å². The summed E-state index contributed by atoms with van der Waals surface area (Å²) < 4.78 is 32.3. The molecule has 0 saturated carbocycles. The molecule has 0 fully saturated rings. The maximum Gasteiger partial charge on any atom is 0.231 e. The van der Waals surface area contributed by atoms with Crippen LogP contribution in [0, 0.1) is 0 Å². The van der Waals surface area contributed by atoms with Crippen molar-refractivity contribution < 1.29 is 28.5 Å². The summed E-state index contributed by atoms with van der Waals surface area (Å²) in [6.07, 6.45) is 0.260. The van der Waals surface area contributed by atoms with Crippen LogP contribution >= 0.6 is 11.5 Å². The first-order valence-corrected chi connectivity index (χ1v) is 10.4. The molecule has 2 aromatic carbocycles. The second-order valence-corrected chi connectivity index (χ2v) is 7.87. The number of methoxy groups -OCH3 is 3. The van der Waals surface area contributed by atoms with E-state index in [-0.39, 0.29) is 25.0 Å². The highest BCUT2D eigenvalue weighted by atomic mass is 32.1. The minimum absolute atomic E-state index is 0.0915. The van der Waals surface area contributed by atoms with Gasteiger partial charge in [0.05, 0.1) is 31.9 Å². The lowest BCUT2D eigenvalue weighted by molar-refractivity contribution is -0.116. The molecule has 2 aliphatic rings. The van der Waals surface area contributed by atoms with Gasteiger partial charge in [0.2, 0.25) is 24.2 Å². The van der Waals surface area contributed by atoms with Crippen LogP contribution in [0.2, 0.25) is 0 Å². The standard InChI is InChI=1S/C22H20N2O6S/c1-26-12-6-4-11(5-7-12)17-18-22(31-24-17)14(9-16(25)23-18)13-8-15-20(30-10-29-15)21(28-3)19(13)27-2/h4-8,14H,9-10H2,1-3H3,(H,23,25)/t14-/m0/s1. The third-order valence-electron chi connectivity index (χ3n) is 5.44. The number of fused-ring (bicyclic) bond motifs is 2. The fraction of sp³-hybridized carbons (Fsp3) is 0.273. The monoisotopic (exact) mass is 440 g/mol. The third-order valence-corrected chi connectivity index (χ3v) is 6.40. The predicted octanol–water partition coefficient (Wildman–Crippen LogP) is 4.04. The van der Waals surface area contributed by atoms with Gasteiger partial charge in [-0.3, -0.25) is 4.79 Å². The number of nitrogens with zero attached hydrogens (tertiary/aromatic N) is 1. The average Bonchev–Trinajstić information content (AvgIpc) is 3.44. The summed E-state index contributed by atoms with van der Waals surface area (Å²) in [4.78, 5) is 13.6. The molecule has 0 radical (unpaired) electrons. The Morgan fingerprint density at radius 3 is 2.55 bits per heavy atom. The van der Waals surface area contributed by atoms with Crippen molar-refractivity contribution in [3.8, 4) is 40.0 Å². The van der Waals surface area contributed by atoms with Gasteiger partial charge in [-0.25, -0.2) is 0 Å². The Morgan fingerprint density at radius 1 is 1.06 bits per heavy atom. The Bertz CT molecular complexity index is 1160. The van der Waals surface area contributed by atoms with Crippen molar-refractivity contribution in [3.05, 3.63) is 40.8 Å². The fourth-order valence-corrected chi connectivity index (χ4v) is 4.96. The van der Waals surface area contributed by atoms with E-state index in [1.54, 1.807) is 21.3 Å². The zero-order valence-electron chi connectivity index (χ0n) is 17.2. The number of hydrogen-bond acceptors (Lipinski definition) is 8. The van der Waals surface area contributed by atoms with Gasteiger partial charge in [-0.15, -0.1) is 0 Å². The molecule has 160 valence electrons. The molecular formula is C22H20N2O6S. The Morgan fingerprint density at radius 2 is 1.84 bits per heavy atom. The van der Waals surface area contributed by atoms with E-state index < -0.39 is 0 Å². The zero-order chi connectivity index (χ0) is 21.5. The Labute approximate surface area is 182 Å². The quantitative estimate of drug-likeness (QED) is 0.641. The number of carbonyl (C=O) groups is 1. The van der Waals surface area contributed by atoms with Crippen LogP contribution in [-0.4, -0.2) is 38.4 Å². The number of anilines is 1. The molecule has 9 heteroatoms. The van der Waals surface area contributed by atoms with Gasteiger partial charge in [-0.1, -0.05) is 0 Å². The van der Waals surface area contributed by atoms with Gasteiger partial charge >= 0.3 is 0 Å². The summed E-state index contributed by atoms with van der Waals surface area (Å²) >= 11 is 1.36. The number of carbonyl (C=O) groups excluding carboxylic acids is 1. The van der Waals surface area contributed by atoms with Gasteiger partial charge in [-0.2, -0.15) is 4.37 Å². The van der Waals surface area contributed by atoms with Gasteiger partial charge in [-0.05, 0) is 41.9 Å². The lowest BCUT2D eigenvalue weighted by Crippen LogP contribution is -2.23. The summed E-state index contributed by atoms with van der Waals surface area (Å²) in [5, 5.41) is 3.00. The molecule has 1 amide bonds. The lowest BCUT2D eigenvalue weighted by Gasteiger charge is -2.25. The van der Waals surface area contributed by atoms with Crippen LogP contribution in [-0.2, 0) is 4.79 Å². The fourth-order valence-electron chi connectivity index (χ4n) is 4.00. The van der Waals surface area contributed by atoms with E-state index in [2.05, 4.69) is 9.69 Å². The molecule has 1 atom stereocenters. The largest absolute Gasteiger partial charge is 0.497 e. The molecule has 0 aliphatic carbocycles. The third kappa shape index (κ3) is 3.12. The SMILES string of the molecule is COc1ccc(-c2nsc3c2NC(=O)C[C@H]3c2cc3c(c(OC)c2OC)OCO3)cc1. The van der Waals surface area contributed by atoms with Gasteiger partial charge in [0.15, 0.2) is 11.5 Å². The van der Waals surface area contributed by atoms with Crippen molar-refractivity contribution in [3.63, 3.8) is 0 Å². The normalized spacial score (nSPS) is 16.5. The number of benzene rings is 2. The minimum atomic E-state index is -0.258. The Hall–Kier alpha value is -3.46. The summed E-state index contributed by atoms with van der Waals surface area (Å²) in [6.45, 7) is 0.108. The van der Waals surface area contributed by atoms with Crippen molar-refractivity contribution in [1.29, 1.82) is 0 Å². The van der Waals surface area contributed by atoms with Crippen molar-refractivity contribution in [1.82, 2.24) is 4.37 Å². The number of nitrogens with one attached hydrogen (secondary N) is 1. The number of rotatable bonds is 5. The van der Waals surface area contributed by atoms with Crippen molar-refractivity contribution in [2.45, 2.75) is 12.3 Å². The first-order valence-electron chi connectivity index (χ1n) is 9.63. The molecule has 5 rings (SSSR count). The number of ether oxygens (including phenoxy) is 5. The predicted molar refractivity (Wildman–Crippen MR) is 115 cm³/mol. The molecule has 0 saturated heterocycles. The van der Waals surface area contributed by atoms with E-state index in [0.29, 0.717) is 23.0 Å². The minimum Gasteiger partial charge on any atom is -0.497 e. The highest BCUT2D eigenvalue weighted by Crippen LogP contribution is 2.54. The Kier molecular flexibility index (Phi) is 4.82. The second-order valence-electron chi connectivity index (χ2n) is 7.07. The van der Waals surface area contributed by atoms with Crippen LogP contribution < -0.4 is 29.0 Å². The maximum absolute atomic E-state index is 12.7. The molecule has 1 aromatic heterocycles. The summed E-state index contributed by atoms with van der Waals surface area (Å²) in [5.74, 6) is 2.47. The lowest BCUT2D eigenvalue weighted by atomic mass is 9.88. The van der Waals surface area contributed by atoms with Crippen molar-refractivity contribution in [2.75, 3.05) is 33.4 Å². The van der Waals surface area contributed by atoms with Gasteiger partial charge in [0, 0.05) is 23.5 Å².